The van der Waals surface area contributed by atoms with Crippen LogP contribution in [-0.4, -0.2) is 109 Å². The van der Waals surface area contributed by atoms with Gasteiger partial charge in [-0.2, -0.15) is 16.8 Å². The van der Waals surface area contributed by atoms with Gasteiger partial charge in [-0.25, -0.2) is 44.1 Å². The summed E-state index contributed by atoms with van der Waals surface area (Å²) >= 11 is 12.5. The minimum atomic E-state index is -4.41. The van der Waals surface area contributed by atoms with E-state index in [2.05, 4.69) is 132 Å². The fraction of sp³-hybridized carbons (Fsp3) is 0.551. The van der Waals surface area contributed by atoms with Gasteiger partial charge in [0.2, 0.25) is 0 Å². The molecule has 2 saturated heterocycles. The molecule has 2 aliphatic heterocycles. The summed E-state index contributed by atoms with van der Waals surface area (Å²) in [5.41, 5.74) is 1.71. The van der Waals surface area contributed by atoms with Gasteiger partial charge in [-0.15, -0.1) is 0 Å². The van der Waals surface area contributed by atoms with Crippen molar-refractivity contribution in [2.24, 2.45) is 11.8 Å². The molecule has 2 fully saturated rings. The van der Waals surface area contributed by atoms with Crippen molar-refractivity contribution >= 4 is 72.8 Å². The van der Waals surface area contributed by atoms with Crippen LogP contribution in [0.25, 0.3) is 0 Å². The molecule has 6 aromatic heterocycles. The van der Waals surface area contributed by atoms with Gasteiger partial charge < -0.3 is 25.6 Å². The maximum atomic E-state index is 13.4. The molecule has 0 spiro atoms. The van der Waals surface area contributed by atoms with Crippen LogP contribution in [0.5, 0.6) is 0 Å². The van der Waals surface area contributed by atoms with E-state index in [0.29, 0.717) is 36.4 Å². The monoisotopic (exact) mass is 1380 g/mol. The molecule has 0 bridgehead atoms. The van der Waals surface area contributed by atoms with E-state index >= 15 is 0 Å². The molecule has 0 aliphatic carbocycles. The van der Waals surface area contributed by atoms with Crippen molar-refractivity contribution in [2.75, 3.05) is 23.7 Å². The predicted octanol–water partition coefficient (Wildman–Crippen LogP) is 13.6. The molecule has 0 saturated carbocycles. The van der Waals surface area contributed by atoms with Crippen molar-refractivity contribution in [1.82, 2.24) is 59.5 Å². The number of nitrogens with zero attached hydrogens (tertiary/aromatic N) is 9. The lowest BCUT2D eigenvalue weighted by Gasteiger charge is -2.33. The van der Waals surface area contributed by atoms with E-state index in [1.165, 1.54) is 24.5 Å². The van der Waals surface area contributed by atoms with Crippen molar-refractivity contribution in [2.45, 2.75) is 231 Å². The topological polar surface area (TPSA) is 295 Å². The maximum Gasteiger partial charge on any atom is 0.410 e. The summed E-state index contributed by atoms with van der Waals surface area (Å²) in [5, 5.41) is 9.48. The number of aromatic nitrogens is 8. The van der Waals surface area contributed by atoms with Crippen LogP contribution in [0.4, 0.5) is 16.4 Å². The van der Waals surface area contributed by atoms with Gasteiger partial charge in [-0.1, -0.05) is 118 Å². The van der Waals surface area contributed by atoms with Crippen LogP contribution in [0, 0.1) is 11.8 Å². The number of sulfonamides is 2. The molecule has 3 amide bonds. The molecular weight excluding hydrogens is 1290 g/mol. The molecule has 8 rings (SSSR count). The fourth-order valence-corrected chi connectivity index (χ4v) is 13.5. The second-order valence-electron chi connectivity index (χ2n) is 31.2. The first-order chi connectivity index (χ1) is 43.7. The molecule has 5 N–H and O–H groups in total. The summed E-state index contributed by atoms with van der Waals surface area (Å²) in [6, 6.07) is 16.8. The van der Waals surface area contributed by atoms with E-state index in [-0.39, 0.29) is 83.3 Å². The summed E-state index contributed by atoms with van der Waals surface area (Å²) in [6.45, 7) is 39.9. The van der Waals surface area contributed by atoms with Gasteiger partial charge in [0.05, 0.1) is 34.6 Å². The Morgan fingerprint density at radius 2 is 1.01 bits per heavy atom. The number of anilines is 2. The zero-order valence-electron chi connectivity index (χ0n) is 58.4. The zero-order chi connectivity index (χ0) is 70.7. The van der Waals surface area contributed by atoms with Crippen LogP contribution in [0.2, 0.25) is 10.3 Å². The lowest BCUT2D eigenvalue weighted by Crippen LogP contribution is -2.45. The molecule has 8 heterocycles. The summed E-state index contributed by atoms with van der Waals surface area (Å²) in [4.78, 5) is 75.8. The highest BCUT2D eigenvalue weighted by molar-refractivity contribution is 7.90. The number of likely N-dealkylation sites (tertiary alicyclic amines) is 1. The minimum absolute atomic E-state index is 0.0624. The summed E-state index contributed by atoms with van der Waals surface area (Å²) in [7, 11) is -8.75. The average Bonchev–Trinajstić information content (AvgIpc) is 1.05. The number of carbonyl (C=O) groups excluding carboxylic acids is 3. The fourth-order valence-electron chi connectivity index (χ4n) is 11.2. The summed E-state index contributed by atoms with van der Waals surface area (Å²) in [6.07, 6.45) is 10.7. The zero-order valence-corrected chi connectivity index (χ0v) is 61.6. The quantitative estimate of drug-likeness (QED) is 0.0500. The number of ether oxygens (including phenoxy) is 1. The van der Waals surface area contributed by atoms with Gasteiger partial charge in [0, 0.05) is 53.2 Å². The van der Waals surface area contributed by atoms with E-state index in [0.717, 1.165) is 61.2 Å². The van der Waals surface area contributed by atoms with Crippen LogP contribution < -0.4 is 25.4 Å². The molecule has 516 valence electrons. The molecule has 6 aromatic rings. The largest absolute Gasteiger partial charge is 0.444 e. The van der Waals surface area contributed by atoms with Gasteiger partial charge in [0.1, 0.15) is 39.2 Å². The first-order valence-electron chi connectivity index (χ1n) is 32.1. The Morgan fingerprint density at radius 3 is 1.38 bits per heavy atom. The van der Waals surface area contributed by atoms with Crippen molar-refractivity contribution < 1.29 is 36.0 Å². The van der Waals surface area contributed by atoms with E-state index in [9.17, 15) is 31.2 Å². The van der Waals surface area contributed by atoms with E-state index in [1.54, 1.807) is 30.5 Å². The third kappa shape index (κ3) is 20.8. The first-order valence-corrected chi connectivity index (χ1v) is 35.8. The average molecular weight is 1380 g/mol. The molecule has 22 nitrogen and oxygen atoms in total. The Labute approximate surface area is 572 Å². The van der Waals surface area contributed by atoms with Gasteiger partial charge in [-0.3, -0.25) is 19.6 Å². The van der Waals surface area contributed by atoms with Crippen LogP contribution in [0.1, 0.15) is 237 Å². The third-order valence-electron chi connectivity index (χ3n) is 16.4. The van der Waals surface area contributed by atoms with Gasteiger partial charge in [-0.05, 0) is 176 Å². The normalized spacial score (nSPS) is 17.4. The third-order valence-corrected chi connectivity index (χ3v) is 19.4. The van der Waals surface area contributed by atoms with Gasteiger partial charge >= 0.3 is 6.09 Å². The molecule has 0 aromatic carbocycles. The Bertz CT molecular complexity index is 3990. The van der Waals surface area contributed by atoms with E-state index in [4.69, 9.17) is 37.9 Å². The van der Waals surface area contributed by atoms with Crippen molar-refractivity contribution in [3.8, 4) is 0 Å². The van der Waals surface area contributed by atoms with Crippen molar-refractivity contribution in [3.63, 3.8) is 0 Å². The lowest BCUT2D eigenvalue weighted by molar-refractivity contribution is 0.0130. The van der Waals surface area contributed by atoms with Crippen LogP contribution in [0.15, 0.2) is 95.5 Å². The molecule has 26 heteroatoms. The van der Waals surface area contributed by atoms with Crippen LogP contribution in [-0.2, 0) is 46.4 Å². The second kappa shape index (κ2) is 29.0. The number of nitrogens with one attached hydrogen (secondary N) is 5. The number of rotatable bonds is 18. The Kier molecular flexibility index (Phi) is 23.0. The molecule has 4 atom stereocenters. The van der Waals surface area contributed by atoms with E-state index < -0.39 is 48.3 Å². The number of amides is 3. The lowest BCUT2D eigenvalue weighted by atomic mass is 9.86. The van der Waals surface area contributed by atoms with Gasteiger partial charge in [0.15, 0.2) is 10.1 Å². The maximum absolute atomic E-state index is 13.4. The summed E-state index contributed by atoms with van der Waals surface area (Å²) < 4.78 is 63.1. The number of hydrogen-bond donors (Lipinski definition) is 5. The highest BCUT2D eigenvalue weighted by Crippen LogP contribution is 2.39. The highest BCUT2D eigenvalue weighted by atomic mass is 35.5. The Morgan fingerprint density at radius 1 is 0.589 bits per heavy atom. The predicted molar refractivity (Wildman–Crippen MR) is 372 cm³/mol. The number of halogens is 2. The number of pyridine rings is 4. The second-order valence-corrected chi connectivity index (χ2v) is 35.2. The minimum Gasteiger partial charge on any atom is -0.444 e. The Balaban J connectivity index is 0.000000271. The van der Waals surface area contributed by atoms with Gasteiger partial charge in [0.25, 0.3) is 31.9 Å². The molecule has 0 radical (unpaired) electrons. The standard InChI is InChI=1S/C37H52ClN7O5S.C32H44ClN7O3S/c1-34(2,3)24-17-18-39-27(19-24)26(16-15-23-20-37(10,11)45(22-23)33(47)50-36(7,8)9)41-28-13-12-14-29(42-28)51(48,49)44-31(46)25-21-40-32(35(4,5)6)43-30(25)38;1-30(2,3)21-14-15-34-24(16-21)23(13-12-20-17-32(7,8)36-18-20)37-25-10-9-11-26(38-25)44(42,43)40-28(41)22-19-35-29(31(4,5)6)39-27(22)33/h12-14,17-19,21,23,26H,15-16,20,22H2,1-11H3,(H,41,42)(H,44,46);9-11,14-16,19-20,23,36H,12-13,17-18H2,1-8H3,(H,37,38)(H,40,41)/t23-,26?;20-,23?/m00/s1. The number of carbonyl (C=O) groups is 3. The van der Waals surface area contributed by atoms with Crippen LogP contribution in [0.3, 0.4) is 0 Å². The molecule has 2 unspecified atom stereocenters. The Hall–Kier alpha value is -6.99. The first kappa shape index (κ1) is 75.4. The molecule has 95 heavy (non-hydrogen) atoms. The SMILES string of the molecule is CC(C)(C)OC(=O)N1C[C@@H](CCC(Nc2cccc(S(=O)(=O)NC(=O)c3cnc(C(C)(C)C)nc3Cl)n2)c2cc(C(C)(C)C)ccn2)CC1(C)C.CC1(C)C[C@H](CCC(Nc2cccc(S(=O)(=O)NC(=O)c3cnc(C(C)(C)C)nc3Cl)n2)c2cc(C(C)(C)C)ccn2)CN1. The molecular formula is C69H96Cl2N14O8S2. The molecule has 2 aliphatic rings. The smallest absolute Gasteiger partial charge is 0.410 e. The highest BCUT2D eigenvalue weighted by Gasteiger charge is 2.43. The summed E-state index contributed by atoms with van der Waals surface area (Å²) in [5.74, 6) is 0.305. The van der Waals surface area contributed by atoms with E-state index in [1.807, 2.05) is 90.3 Å². The number of hydrogen-bond acceptors (Lipinski definition) is 19. The van der Waals surface area contributed by atoms with Crippen molar-refractivity contribution in [3.05, 3.63) is 141 Å². The van der Waals surface area contributed by atoms with Crippen LogP contribution >= 0.6 is 23.2 Å². The van der Waals surface area contributed by atoms with Crippen molar-refractivity contribution in [1.29, 1.82) is 0 Å².